The average molecular weight is 350 g/mol. The summed E-state index contributed by atoms with van der Waals surface area (Å²) in [5, 5.41) is 0. The molecule has 0 saturated carbocycles. The number of benzene rings is 2. The summed E-state index contributed by atoms with van der Waals surface area (Å²) in [6, 6.07) is 16.6. The van der Waals surface area contributed by atoms with Crippen LogP contribution in [0.4, 0.5) is 0 Å². The largest absolute Gasteiger partial charge is 0.298 e. The third-order valence-electron chi connectivity index (χ3n) is 4.30. The number of aldehydes is 1. The van der Waals surface area contributed by atoms with Gasteiger partial charge in [0.15, 0.2) is 0 Å². The van der Waals surface area contributed by atoms with E-state index in [0.29, 0.717) is 0 Å². The third-order valence-corrected chi connectivity index (χ3v) is 4.30. The quantitative estimate of drug-likeness (QED) is 0.462. The second-order valence-electron chi connectivity index (χ2n) is 8.47. The van der Waals surface area contributed by atoms with Crippen LogP contribution in [-0.2, 0) is 13.0 Å². The van der Waals surface area contributed by atoms with Crippen molar-refractivity contribution in [2.75, 3.05) is 13.6 Å². The Bertz CT molecular complexity index is 741. The van der Waals surface area contributed by atoms with E-state index in [1.54, 1.807) is 0 Å². The van der Waals surface area contributed by atoms with Crippen molar-refractivity contribution in [2.45, 2.75) is 40.2 Å². The minimum absolute atomic E-state index is 0.255. The van der Waals surface area contributed by atoms with Gasteiger partial charge in [0.05, 0.1) is 0 Å². The molecule has 0 unspecified atom stereocenters. The number of likely N-dealkylation sites (N-methyl/N-ethyl adjacent to an activating group) is 1. The summed E-state index contributed by atoms with van der Waals surface area (Å²) in [5.74, 6) is 0. The van der Waals surface area contributed by atoms with Gasteiger partial charge in [-0.2, -0.15) is 0 Å². The summed E-state index contributed by atoms with van der Waals surface area (Å²) in [6.45, 7) is 12.5. The Labute approximate surface area is 158 Å². The van der Waals surface area contributed by atoms with Crippen LogP contribution in [0.2, 0.25) is 0 Å². The summed E-state index contributed by atoms with van der Waals surface area (Å²) in [5.41, 5.74) is 5.77. The molecule has 0 aliphatic carbocycles. The normalized spacial score (nSPS) is 11.6. The molecule has 2 heteroatoms. The monoisotopic (exact) mass is 349 g/mol. The smallest absolute Gasteiger partial charge is 0.150 e. The van der Waals surface area contributed by atoms with Crippen molar-refractivity contribution in [2.24, 2.45) is 5.41 Å². The first-order valence-corrected chi connectivity index (χ1v) is 9.23. The summed E-state index contributed by atoms with van der Waals surface area (Å²) in [7, 11) is 2.08. The fraction of sp³-hybridized carbons (Fsp3) is 0.375. The second-order valence-corrected chi connectivity index (χ2v) is 8.47. The fourth-order valence-corrected chi connectivity index (χ4v) is 3.37. The molecule has 0 aromatic heterocycles. The van der Waals surface area contributed by atoms with Crippen molar-refractivity contribution in [3.63, 3.8) is 0 Å². The lowest BCUT2D eigenvalue weighted by Crippen LogP contribution is -2.23. The number of hydrogen-bond acceptors (Lipinski definition) is 2. The van der Waals surface area contributed by atoms with E-state index in [-0.39, 0.29) is 5.41 Å². The van der Waals surface area contributed by atoms with Crippen LogP contribution in [0.25, 0.3) is 0 Å². The van der Waals surface area contributed by atoms with Gasteiger partial charge in [-0.3, -0.25) is 9.69 Å². The summed E-state index contributed by atoms with van der Waals surface area (Å²) >= 11 is 0. The molecule has 0 heterocycles. The molecule has 0 aliphatic rings. The lowest BCUT2D eigenvalue weighted by atomic mass is 9.88. The first kappa shape index (κ1) is 20.1. The first-order chi connectivity index (χ1) is 12.3. The van der Waals surface area contributed by atoms with Crippen LogP contribution in [0, 0.1) is 5.41 Å². The molecule has 26 heavy (non-hydrogen) atoms. The summed E-state index contributed by atoms with van der Waals surface area (Å²) in [4.78, 5) is 13.8. The molecule has 0 spiro atoms. The number of carbonyl (C=O) groups excluding carboxylic acids is 1. The van der Waals surface area contributed by atoms with Crippen LogP contribution in [-0.4, -0.2) is 24.8 Å². The van der Waals surface area contributed by atoms with Crippen LogP contribution in [0.3, 0.4) is 0 Å². The molecule has 0 saturated heterocycles. The van der Waals surface area contributed by atoms with Gasteiger partial charge in [-0.1, -0.05) is 75.4 Å². The molecule has 138 valence electrons. The van der Waals surface area contributed by atoms with Crippen molar-refractivity contribution >= 4 is 6.29 Å². The molecular weight excluding hydrogens is 318 g/mol. The molecule has 0 aliphatic heterocycles. The highest BCUT2D eigenvalue weighted by Crippen LogP contribution is 2.24. The van der Waals surface area contributed by atoms with Crippen LogP contribution < -0.4 is 0 Å². The van der Waals surface area contributed by atoms with E-state index in [1.807, 2.05) is 24.3 Å². The molecule has 0 fully saturated rings. The van der Waals surface area contributed by atoms with Gasteiger partial charge in [0.25, 0.3) is 0 Å². The van der Waals surface area contributed by atoms with Gasteiger partial charge < -0.3 is 0 Å². The van der Waals surface area contributed by atoms with Crippen molar-refractivity contribution in [1.29, 1.82) is 0 Å². The van der Waals surface area contributed by atoms with Gasteiger partial charge in [0.2, 0.25) is 0 Å². The van der Waals surface area contributed by atoms with Crippen LogP contribution in [0.5, 0.6) is 0 Å². The van der Waals surface area contributed by atoms with Gasteiger partial charge in [-0.05, 0) is 48.1 Å². The molecule has 0 amide bonds. The first-order valence-electron chi connectivity index (χ1n) is 9.23. The molecule has 2 rings (SSSR count). The van der Waals surface area contributed by atoms with Crippen LogP contribution >= 0.6 is 0 Å². The van der Waals surface area contributed by atoms with E-state index in [0.717, 1.165) is 43.3 Å². The Morgan fingerprint density at radius 1 is 1.08 bits per heavy atom. The van der Waals surface area contributed by atoms with Crippen LogP contribution in [0.15, 0.2) is 60.7 Å². The number of nitrogens with zero attached hydrogens (tertiary/aromatic N) is 1. The number of carbonyl (C=O) groups is 1. The highest BCUT2D eigenvalue weighted by Gasteiger charge is 2.14. The van der Waals surface area contributed by atoms with Gasteiger partial charge >= 0.3 is 0 Å². The SMILES string of the molecule is C=C(CN(C)Cc1ccc(Cc2ccccc2)cc1C=O)CC(C)(C)C. The molecule has 2 aromatic carbocycles. The molecule has 0 N–H and O–H groups in total. The lowest BCUT2D eigenvalue weighted by Gasteiger charge is -2.24. The highest BCUT2D eigenvalue weighted by atomic mass is 16.1. The lowest BCUT2D eigenvalue weighted by molar-refractivity contribution is 0.112. The average Bonchev–Trinajstić information content (AvgIpc) is 2.55. The molecule has 0 atom stereocenters. The topological polar surface area (TPSA) is 20.3 Å². The maximum absolute atomic E-state index is 11.6. The zero-order valence-corrected chi connectivity index (χ0v) is 16.6. The Morgan fingerprint density at radius 2 is 1.77 bits per heavy atom. The van der Waals surface area contributed by atoms with Crippen molar-refractivity contribution < 1.29 is 4.79 Å². The number of rotatable bonds is 8. The van der Waals surface area contributed by atoms with Crippen molar-refractivity contribution in [1.82, 2.24) is 4.90 Å². The summed E-state index contributed by atoms with van der Waals surface area (Å²) < 4.78 is 0. The maximum atomic E-state index is 11.6. The molecule has 0 radical (unpaired) electrons. The Morgan fingerprint density at radius 3 is 2.38 bits per heavy atom. The predicted molar refractivity (Wildman–Crippen MR) is 111 cm³/mol. The standard InChI is InChI=1S/C24H31NO/c1-19(15-24(2,3)4)16-25(5)17-22-12-11-21(14-23(22)18-26)13-20-9-7-6-8-10-20/h6-12,14,18H,1,13,15-17H2,2-5H3. The van der Waals surface area contributed by atoms with E-state index >= 15 is 0 Å². The van der Waals surface area contributed by atoms with E-state index in [9.17, 15) is 4.79 Å². The van der Waals surface area contributed by atoms with Crippen molar-refractivity contribution in [3.8, 4) is 0 Å². The van der Waals surface area contributed by atoms with Gasteiger partial charge in [0, 0.05) is 18.7 Å². The van der Waals surface area contributed by atoms with Gasteiger partial charge in [0.1, 0.15) is 6.29 Å². The predicted octanol–water partition coefficient (Wildman–Crippen LogP) is 5.51. The van der Waals surface area contributed by atoms with E-state index in [2.05, 4.69) is 63.6 Å². The number of hydrogen-bond donors (Lipinski definition) is 0. The Balaban J connectivity index is 2.03. The summed E-state index contributed by atoms with van der Waals surface area (Å²) in [6.07, 6.45) is 2.83. The van der Waals surface area contributed by atoms with Gasteiger partial charge in [-0.15, -0.1) is 0 Å². The minimum Gasteiger partial charge on any atom is -0.298 e. The second kappa shape index (κ2) is 8.95. The van der Waals surface area contributed by atoms with E-state index < -0.39 is 0 Å². The fourth-order valence-electron chi connectivity index (χ4n) is 3.37. The van der Waals surface area contributed by atoms with E-state index in [4.69, 9.17) is 0 Å². The zero-order valence-electron chi connectivity index (χ0n) is 16.6. The Hall–Kier alpha value is -2.19. The van der Waals surface area contributed by atoms with Crippen molar-refractivity contribution in [3.05, 3.63) is 82.9 Å². The Kier molecular flexibility index (Phi) is 6.93. The minimum atomic E-state index is 0.255. The third kappa shape index (κ3) is 6.61. The molecular formula is C24H31NO. The van der Waals surface area contributed by atoms with E-state index in [1.165, 1.54) is 16.7 Å². The molecule has 2 nitrogen and oxygen atoms in total. The molecule has 0 bridgehead atoms. The van der Waals surface area contributed by atoms with Crippen LogP contribution in [0.1, 0.15) is 54.2 Å². The highest BCUT2D eigenvalue weighted by molar-refractivity contribution is 5.77. The maximum Gasteiger partial charge on any atom is 0.150 e. The molecule has 2 aromatic rings. The zero-order chi connectivity index (χ0) is 19.2. The van der Waals surface area contributed by atoms with Gasteiger partial charge in [-0.25, -0.2) is 0 Å².